The average molecular weight is 218 g/mol. The normalized spacial score (nSPS) is 17.4. The molecule has 3 heteroatoms. The van der Waals surface area contributed by atoms with E-state index in [0.29, 0.717) is 6.04 Å². The summed E-state index contributed by atoms with van der Waals surface area (Å²) in [6, 6.07) is 8.48. The molecule has 1 N–H and O–H groups in total. The zero-order chi connectivity index (χ0) is 11.4. The lowest BCUT2D eigenvalue weighted by Gasteiger charge is -2.33. The quantitative estimate of drug-likeness (QED) is 0.784. The Bertz CT molecular complexity index is 339. The highest BCUT2D eigenvalue weighted by atomic mass is 16.1. The van der Waals surface area contributed by atoms with E-state index in [9.17, 15) is 4.79 Å². The van der Waals surface area contributed by atoms with Crippen LogP contribution in [-0.2, 0) is 0 Å². The molecule has 0 aromatic heterocycles. The van der Waals surface area contributed by atoms with Gasteiger partial charge in [0.05, 0.1) is 0 Å². The molecule has 0 atom stereocenters. The van der Waals surface area contributed by atoms with Crippen LogP contribution in [0.25, 0.3) is 0 Å². The van der Waals surface area contributed by atoms with E-state index in [1.165, 1.54) is 18.5 Å². The van der Waals surface area contributed by atoms with Crippen molar-refractivity contribution in [2.24, 2.45) is 0 Å². The second-order valence-electron chi connectivity index (χ2n) is 4.26. The Balaban J connectivity index is 1.99. The molecule has 2 rings (SSSR count). The number of carbonyl (C=O) groups excluding carboxylic acids is 1. The van der Waals surface area contributed by atoms with Crippen molar-refractivity contribution >= 4 is 12.0 Å². The highest BCUT2D eigenvalue weighted by Crippen LogP contribution is 2.19. The highest BCUT2D eigenvalue weighted by Gasteiger charge is 2.17. The number of anilines is 1. The third-order valence-electron chi connectivity index (χ3n) is 3.30. The molecular formula is C13H18N2O. The third kappa shape index (κ3) is 2.42. The van der Waals surface area contributed by atoms with Crippen molar-refractivity contribution in [1.29, 1.82) is 0 Å². The van der Waals surface area contributed by atoms with E-state index in [0.717, 1.165) is 24.9 Å². The first-order chi connectivity index (χ1) is 7.83. The monoisotopic (exact) mass is 218 g/mol. The number of hydrogen-bond donors (Lipinski definition) is 1. The Kier molecular flexibility index (Phi) is 3.57. The molecule has 1 heterocycles. The fourth-order valence-electron chi connectivity index (χ4n) is 2.19. The molecule has 0 aliphatic carbocycles. The number of nitrogens with one attached hydrogen (secondary N) is 1. The van der Waals surface area contributed by atoms with Crippen LogP contribution in [0.5, 0.6) is 0 Å². The zero-order valence-electron chi connectivity index (χ0n) is 9.65. The van der Waals surface area contributed by atoms with Crippen molar-refractivity contribution in [3.8, 4) is 0 Å². The lowest BCUT2D eigenvalue weighted by atomic mass is 10.0. The van der Waals surface area contributed by atoms with Gasteiger partial charge in [0.1, 0.15) is 6.29 Å². The first-order valence-corrected chi connectivity index (χ1v) is 5.81. The van der Waals surface area contributed by atoms with Gasteiger partial charge in [-0.3, -0.25) is 4.79 Å². The summed E-state index contributed by atoms with van der Waals surface area (Å²) in [5, 5.41) is 3.32. The van der Waals surface area contributed by atoms with Gasteiger partial charge >= 0.3 is 0 Å². The summed E-state index contributed by atoms with van der Waals surface area (Å²) >= 11 is 0. The van der Waals surface area contributed by atoms with Crippen molar-refractivity contribution in [1.82, 2.24) is 5.32 Å². The Labute approximate surface area is 96.5 Å². The van der Waals surface area contributed by atoms with E-state index < -0.39 is 0 Å². The molecule has 0 amide bonds. The standard InChI is InChI=1S/C13H18N2O/c1-14-12-6-8-15(9-7-12)13-4-2-11(10-16)3-5-13/h2-5,10,12,14H,6-9H2,1H3. The first kappa shape index (κ1) is 11.1. The predicted octanol–water partition coefficient (Wildman–Crippen LogP) is 1.69. The fraction of sp³-hybridized carbons (Fsp3) is 0.462. The van der Waals surface area contributed by atoms with Gasteiger partial charge in [-0.2, -0.15) is 0 Å². The van der Waals surface area contributed by atoms with E-state index >= 15 is 0 Å². The highest BCUT2D eigenvalue weighted by molar-refractivity contribution is 5.75. The maximum Gasteiger partial charge on any atom is 0.150 e. The first-order valence-electron chi connectivity index (χ1n) is 5.81. The summed E-state index contributed by atoms with van der Waals surface area (Å²) in [5.74, 6) is 0. The summed E-state index contributed by atoms with van der Waals surface area (Å²) in [4.78, 5) is 12.9. The van der Waals surface area contributed by atoms with Crippen LogP contribution in [0.2, 0.25) is 0 Å². The molecule has 0 spiro atoms. The van der Waals surface area contributed by atoms with E-state index in [2.05, 4.69) is 10.2 Å². The Morgan fingerprint density at radius 1 is 1.25 bits per heavy atom. The van der Waals surface area contributed by atoms with E-state index in [4.69, 9.17) is 0 Å². The van der Waals surface area contributed by atoms with Gasteiger partial charge in [0, 0.05) is 30.4 Å². The largest absolute Gasteiger partial charge is 0.371 e. The molecule has 0 bridgehead atoms. The number of benzene rings is 1. The van der Waals surface area contributed by atoms with Gasteiger partial charge in [-0.25, -0.2) is 0 Å². The van der Waals surface area contributed by atoms with E-state index in [-0.39, 0.29) is 0 Å². The molecule has 1 aliphatic rings. The smallest absolute Gasteiger partial charge is 0.150 e. The SMILES string of the molecule is CNC1CCN(c2ccc(C=O)cc2)CC1. The van der Waals surface area contributed by atoms with Crippen LogP contribution >= 0.6 is 0 Å². The summed E-state index contributed by atoms with van der Waals surface area (Å²) in [7, 11) is 2.03. The Morgan fingerprint density at radius 3 is 2.38 bits per heavy atom. The third-order valence-corrected chi connectivity index (χ3v) is 3.30. The summed E-state index contributed by atoms with van der Waals surface area (Å²) in [6.45, 7) is 2.18. The number of rotatable bonds is 3. The summed E-state index contributed by atoms with van der Waals surface area (Å²) in [6.07, 6.45) is 3.26. The van der Waals surface area contributed by atoms with Crippen molar-refractivity contribution in [3.05, 3.63) is 29.8 Å². The van der Waals surface area contributed by atoms with E-state index in [1.807, 2.05) is 31.3 Å². The summed E-state index contributed by atoms with van der Waals surface area (Å²) in [5.41, 5.74) is 1.97. The van der Waals surface area contributed by atoms with Crippen molar-refractivity contribution < 1.29 is 4.79 Å². The minimum atomic E-state index is 0.658. The molecule has 1 aromatic carbocycles. The van der Waals surface area contributed by atoms with Gasteiger partial charge in [-0.05, 0) is 44.2 Å². The van der Waals surface area contributed by atoms with Crippen LogP contribution < -0.4 is 10.2 Å². The molecule has 1 aliphatic heterocycles. The topological polar surface area (TPSA) is 32.3 Å². The van der Waals surface area contributed by atoms with Crippen molar-refractivity contribution in [2.75, 3.05) is 25.0 Å². The maximum atomic E-state index is 10.6. The van der Waals surface area contributed by atoms with Gasteiger partial charge in [-0.15, -0.1) is 0 Å². The minimum absolute atomic E-state index is 0.658. The fourth-order valence-corrected chi connectivity index (χ4v) is 2.19. The zero-order valence-corrected chi connectivity index (χ0v) is 9.65. The van der Waals surface area contributed by atoms with Crippen LogP contribution in [-0.4, -0.2) is 32.5 Å². The van der Waals surface area contributed by atoms with Crippen LogP contribution in [0.1, 0.15) is 23.2 Å². The van der Waals surface area contributed by atoms with Crippen LogP contribution in [0.3, 0.4) is 0 Å². The molecule has 1 aromatic rings. The predicted molar refractivity (Wildman–Crippen MR) is 66.1 cm³/mol. The van der Waals surface area contributed by atoms with E-state index in [1.54, 1.807) is 0 Å². The molecule has 1 fully saturated rings. The number of carbonyl (C=O) groups is 1. The second kappa shape index (κ2) is 5.12. The molecule has 0 radical (unpaired) electrons. The minimum Gasteiger partial charge on any atom is -0.371 e. The average Bonchev–Trinajstić information content (AvgIpc) is 2.39. The van der Waals surface area contributed by atoms with Crippen LogP contribution in [0.4, 0.5) is 5.69 Å². The molecule has 16 heavy (non-hydrogen) atoms. The molecule has 1 saturated heterocycles. The van der Waals surface area contributed by atoms with Crippen molar-refractivity contribution in [2.45, 2.75) is 18.9 Å². The Hall–Kier alpha value is -1.35. The van der Waals surface area contributed by atoms with Crippen molar-refractivity contribution in [3.63, 3.8) is 0 Å². The lowest BCUT2D eigenvalue weighted by Crippen LogP contribution is -2.41. The number of nitrogens with zero attached hydrogens (tertiary/aromatic N) is 1. The number of hydrogen-bond acceptors (Lipinski definition) is 3. The van der Waals surface area contributed by atoms with Gasteiger partial charge < -0.3 is 10.2 Å². The molecule has 3 nitrogen and oxygen atoms in total. The molecule has 0 saturated carbocycles. The van der Waals surface area contributed by atoms with Gasteiger partial charge in [-0.1, -0.05) is 0 Å². The Morgan fingerprint density at radius 2 is 1.88 bits per heavy atom. The van der Waals surface area contributed by atoms with Gasteiger partial charge in [0.2, 0.25) is 0 Å². The molecule has 0 unspecified atom stereocenters. The number of piperidine rings is 1. The van der Waals surface area contributed by atoms with Gasteiger partial charge in [0.25, 0.3) is 0 Å². The summed E-state index contributed by atoms with van der Waals surface area (Å²) < 4.78 is 0. The van der Waals surface area contributed by atoms with Crippen LogP contribution in [0, 0.1) is 0 Å². The molecular weight excluding hydrogens is 200 g/mol. The number of aldehydes is 1. The van der Waals surface area contributed by atoms with Gasteiger partial charge in [0.15, 0.2) is 0 Å². The second-order valence-corrected chi connectivity index (χ2v) is 4.26. The lowest BCUT2D eigenvalue weighted by molar-refractivity contribution is 0.112. The van der Waals surface area contributed by atoms with Crippen LogP contribution in [0.15, 0.2) is 24.3 Å². The maximum absolute atomic E-state index is 10.6. The molecule has 86 valence electrons.